The third-order valence-electron chi connectivity index (χ3n) is 3.35. The van der Waals surface area contributed by atoms with Crippen LogP contribution in [-0.2, 0) is 0 Å². The Bertz CT molecular complexity index is 452. The SMILES string of the molecule is CC(=N)C1C(C)=CC(CC2=CCC=C2)=CC1O. The highest BCUT2D eigenvalue weighted by atomic mass is 16.3. The van der Waals surface area contributed by atoms with E-state index < -0.39 is 6.10 Å². The lowest BCUT2D eigenvalue weighted by molar-refractivity contribution is 0.196. The van der Waals surface area contributed by atoms with E-state index in [9.17, 15) is 5.11 Å². The van der Waals surface area contributed by atoms with E-state index in [-0.39, 0.29) is 5.92 Å². The summed E-state index contributed by atoms with van der Waals surface area (Å²) in [7, 11) is 0. The molecule has 2 nitrogen and oxygen atoms in total. The molecule has 0 amide bonds. The Kier molecular flexibility index (Phi) is 3.43. The number of aliphatic hydroxyl groups excluding tert-OH is 1. The molecule has 0 aromatic carbocycles. The van der Waals surface area contributed by atoms with E-state index in [1.807, 2.05) is 13.0 Å². The van der Waals surface area contributed by atoms with E-state index in [1.165, 1.54) is 5.57 Å². The second kappa shape index (κ2) is 4.84. The molecule has 0 aromatic rings. The Morgan fingerprint density at radius 2 is 2.24 bits per heavy atom. The van der Waals surface area contributed by atoms with Crippen molar-refractivity contribution in [2.75, 3.05) is 0 Å². The van der Waals surface area contributed by atoms with Crippen LogP contribution in [0.3, 0.4) is 0 Å². The van der Waals surface area contributed by atoms with Crippen LogP contribution >= 0.6 is 0 Å². The van der Waals surface area contributed by atoms with Gasteiger partial charge >= 0.3 is 0 Å². The first-order chi connectivity index (χ1) is 8.08. The molecule has 0 aliphatic heterocycles. The van der Waals surface area contributed by atoms with Crippen LogP contribution < -0.4 is 0 Å². The van der Waals surface area contributed by atoms with Crippen LogP contribution in [0, 0.1) is 11.3 Å². The summed E-state index contributed by atoms with van der Waals surface area (Å²) in [6.45, 7) is 3.75. The Labute approximate surface area is 103 Å². The first-order valence-electron chi connectivity index (χ1n) is 6.05. The molecule has 2 rings (SSSR count). The second-order valence-electron chi connectivity index (χ2n) is 4.88. The number of nitrogens with one attached hydrogen (secondary N) is 1. The van der Waals surface area contributed by atoms with E-state index in [0.717, 1.165) is 24.0 Å². The molecule has 2 atom stereocenters. The zero-order valence-corrected chi connectivity index (χ0v) is 10.4. The zero-order valence-electron chi connectivity index (χ0n) is 10.4. The molecule has 90 valence electrons. The third-order valence-corrected chi connectivity index (χ3v) is 3.35. The van der Waals surface area contributed by atoms with Crippen molar-refractivity contribution in [2.24, 2.45) is 5.92 Å². The van der Waals surface area contributed by atoms with Gasteiger partial charge in [-0.1, -0.05) is 36.0 Å². The molecule has 17 heavy (non-hydrogen) atoms. The topological polar surface area (TPSA) is 44.1 Å². The maximum absolute atomic E-state index is 10.1. The van der Waals surface area contributed by atoms with Gasteiger partial charge in [0.25, 0.3) is 0 Å². The molecule has 2 aliphatic carbocycles. The Hall–Kier alpha value is -1.41. The number of aliphatic hydroxyl groups is 1. The van der Waals surface area contributed by atoms with Gasteiger partial charge in [0.15, 0.2) is 0 Å². The maximum atomic E-state index is 10.1. The predicted octanol–water partition coefficient (Wildman–Crippen LogP) is 3.17. The summed E-state index contributed by atoms with van der Waals surface area (Å²) >= 11 is 0. The van der Waals surface area contributed by atoms with Crippen LogP contribution in [0.15, 0.2) is 47.1 Å². The minimum Gasteiger partial charge on any atom is -0.388 e. The second-order valence-corrected chi connectivity index (χ2v) is 4.88. The fourth-order valence-corrected chi connectivity index (χ4v) is 2.60. The van der Waals surface area contributed by atoms with Gasteiger partial charge in [0, 0.05) is 11.6 Å². The Balaban J connectivity index is 2.14. The molecular weight excluding hydrogens is 210 g/mol. The minimum atomic E-state index is -0.543. The lowest BCUT2D eigenvalue weighted by Gasteiger charge is -2.26. The van der Waals surface area contributed by atoms with Gasteiger partial charge in [0.1, 0.15) is 0 Å². The molecule has 0 spiro atoms. The van der Waals surface area contributed by atoms with Crippen molar-refractivity contribution in [3.05, 3.63) is 47.1 Å². The third kappa shape index (κ3) is 2.64. The summed E-state index contributed by atoms with van der Waals surface area (Å²) in [5, 5.41) is 17.7. The van der Waals surface area contributed by atoms with Gasteiger partial charge in [-0.05, 0) is 37.8 Å². The smallest absolute Gasteiger partial charge is 0.0844 e. The number of hydrogen-bond acceptors (Lipinski definition) is 2. The van der Waals surface area contributed by atoms with Gasteiger partial charge in [0.05, 0.1) is 6.10 Å². The first kappa shape index (κ1) is 12.1. The van der Waals surface area contributed by atoms with Crippen molar-refractivity contribution in [3.63, 3.8) is 0 Å². The highest BCUT2D eigenvalue weighted by Gasteiger charge is 2.25. The number of hydrogen-bond donors (Lipinski definition) is 2. The molecule has 0 heterocycles. The minimum absolute atomic E-state index is 0.133. The molecule has 0 saturated heterocycles. The lowest BCUT2D eigenvalue weighted by Crippen LogP contribution is -2.28. The zero-order chi connectivity index (χ0) is 12.4. The summed E-state index contributed by atoms with van der Waals surface area (Å²) < 4.78 is 0. The van der Waals surface area contributed by atoms with Crippen LogP contribution in [-0.4, -0.2) is 16.9 Å². The predicted molar refractivity (Wildman–Crippen MR) is 71.2 cm³/mol. The largest absolute Gasteiger partial charge is 0.388 e. The highest BCUT2D eigenvalue weighted by Crippen LogP contribution is 2.29. The van der Waals surface area contributed by atoms with Gasteiger partial charge in [-0.15, -0.1) is 0 Å². The van der Waals surface area contributed by atoms with E-state index in [1.54, 1.807) is 6.92 Å². The van der Waals surface area contributed by atoms with Crippen LogP contribution in [0.25, 0.3) is 0 Å². The average molecular weight is 229 g/mol. The van der Waals surface area contributed by atoms with Crippen molar-refractivity contribution in [2.45, 2.75) is 32.8 Å². The number of allylic oxidation sites excluding steroid dienone is 6. The first-order valence-corrected chi connectivity index (χ1v) is 6.05. The van der Waals surface area contributed by atoms with Crippen molar-refractivity contribution in [1.29, 1.82) is 5.41 Å². The monoisotopic (exact) mass is 229 g/mol. The molecular formula is C15H19NO. The van der Waals surface area contributed by atoms with Crippen LogP contribution in [0.5, 0.6) is 0 Å². The van der Waals surface area contributed by atoms with Gasteiger partial charge < -0.3 is 10.5 Å². The van der Waals surface area contributed by atoms with Crippen molar-refractivity contribution >= 4 is 5.71 Å². The van der Waals surface area contributed by atoms with Gasteiger partial charge in [-0.25, -0.2) is 0 Å². The quantitative estimate of drug-likeness (QED) is 0.717. The van der Waals surface area contributed by atoms with Gasteiger partial charge in [-0.2, -0.15) is 0 Å². The summed E-state index contributed by atoms with van der Waals surface area (Å²) in [5.74, 6) is -0.133. The fraction of sp³-hybridized carbons (Fsp3) is 0.400. The summed E-state index contributed by atoms with van der Waals surface area (Å²) in [6.07, 6.45) is 11.9. The number of rotatable bonds is 3. The Morgan fingerprint density at radius 1 is 1.47 bits per heavy atom. The Morgan fingerprint density at radius 3 is 2.76 bits per heavy atom. The standard InChI is InChI=1S/C15H19NO/c1-10-7-13(8-12-5-3-4-6-12)9-14(17)15(10)11(2)16/h3,5-7,9,14-17H,4,8H2,1-2H3. The molecule has 2 N–H and O–H groups in total. The summed E-state index contributed by atoms with van der Waals surface area (Å²) in [5.41, 5.74) is 4.09. The summed E-state index contributed by atoms with van der Waals surface area (Å²) in [6, 6.07) is 0. The fourth-order valence-electron chi connectivity index (χ4n) is 2.60. The molecule has 0 fully saturated rings. The molecule has 2 heteroatoms. The molecule has 0 bridgehead atoms. The maximum Gasteiger partial charge on any atom is 0.0844 e. The normalized spacial score (nSPS) is 27.6. The van der Waals surface area contributed by atoms with Gasteiger partial charge in [0.2, 0.25) is 0 Å². The van der Waals surface area contributed by atoms with Crippen LogP contribution in [0.1, 0.15) is 26.7 Å². The van der Waals surface area contributed by atoms with E-state index in [0.29, 0.717) is 5.71 Å². The van der Waals surface area contributed by atoms with Crippen molar-refractivity contribution in [1.82, 2.24) is 0 Å². The summed E-state index contributed by atoms with van der Waals surface area (Å²) in [4.78, 5) is 0. The molecule has 0 radical (unpaired) electrons. The molecule has 2 aliphatic rings. The van der Waals surface area contributed by atoms with Gasteiger partial charge in [-0.3, -0.25) is 0 Å². The van der Waals surface area contributed by atoms with Crippen LogP contribution in [0.4, 0.5) is 0 Å². The average Bonchev–Trinajstić information content (AvgIpc) is 2.68. The van der Waals surface area contributed by atoms with Crippen molar-refractivity contribution in [3.8, 4) is 0 Å². The van der Waals surface area contributed by atoms with E-state index in [4.69, 9.17) is 5.41 Å². The van der Waals surface area contributed by atoms with Crippen molar-refractivity contribution < 1.29 is 5.11 Å². The molecule has 0 saturated carbocycles. The van der Waals surface area contributed by atoms with Crippen LogP contribution in [0.2, 0.25) is 0 Å². The van der Waals surface area contributed by atoms with E-state index >= 15 is 0 Å². The lowest BCUT2D eigenvalue weighted by atomic mass is 9.83. The molecule has 2 unspecified atom stereocenters. The highest BCUT2D eigenvalue weighted by molar-refractivity contribution is 5.85. The molecule has 0 aromatic heterocycles. The van der Waals surface area contributed by atoms with E-state index in [2.05, 4.69) is 24.3 Å².